The molecule has 0 spiro atoms. The second-order valence-corrected chi connectivity index (χ2v) is 5.99. The van der Waals surface area contributed by atoms with Crippen LogP contribution in [0.3, 0.4) is 0 Å². The molecule has 0 saturated heterocycles. The van der Waals surface area contributed by atoms with E-state index < -0.39 is 0 Å². The maximum absolute atomic E-state index is 11.7. The van der Waals surface area contributed by atoms with Crippen molar-refractivity contribution in [2.24, 2.45) is 0 Å². The van der Waals surface area contributed by atoms with E-state index in [0.717, 1.165) is 28.1 Å². The number of rotatable bonds is 3. The summed E-state index contributed by atoms with van der Waals surface area (Å²) < 4.78 is 6.39. The van der Waals surface area contributed by atoms with Gasteiger partial charge in [0.1, 0.15) is 5.76 Å². The quantitative estimate of drug-likeness (QED) is 0.925. The number of hydrogen-bond acceptors (Lipinski definition) is 3. The highest BCUT2D eigenvalue weighted by molar-refractivity contribution is 9.10. The van der Waals surface area contributed by atoms with Crippen molar-refractivity contribution in [1.29, 1.82) is 0 Å². The van der Waals surface area contributed by atoms with E-state index in [2.05, 4.69) is 27.3 Å². The molecule has 2 heterocycles. The van der Waals surface area contributed by atoms with Gasteiger partial charge in [0.25, 0.3) is 0 Å². The van der Waals surface area contributed by atoms with Gasteiger partial charge in [0.2, 0.25) is 5.91 Å². The zero-order valence-electron chi connectivity index (χ0n) is 12.0. The summed E-state index contributed by atoms with van der Waals surface area (Å²) in [4.78, 5) is 13.5. The van der Waals surface area contributed by atoms with Crippen molar-refractivity contribution >= 4 is 27.5 Å². The Hall–Kier alpha value is -1.59. The van der Waals surface area contributed by atoms with Gasteiger partial charge >= 0.3 is 0 Å². The van der Waals surface area contributed by atoms with E-state index >= 15 is 0 Å². The first-order chi connectivity index (χ1) is 10.1. The van der Waals surface area contributed by atoms with Crippen LogP contribution in [0.5, 0.6) is 0 Å². The van der Waals surface area contributed by atoms with E-state index in [1.165, 1.54) is 5.56 Å². The molecular weight excluding hydrogens is 332 g/mol. The molecule has 2 aromatic rings. The highest BCUT2D eigenvalue weighted by Crippen LogP contribution is 2.32. The van der Waals surface area contributed by atoms with Crippen LogP contribution in [-0.2, 0) is 11.2 Å². The predicted molar refractivity (Wildman–Crippen MR) is 85.5 cm³/mol. The third-order valence-electron chi connectivity index (χ3n) is 3.95. The van der Waals surface area contributed by atoms with Crippen molar-refractivity contribution in [3.63, 3.8) is 0 Å². The number of carbonyl (C=O) groups excluding carboxylic acids is 1. The molecule has 1 amide bonds. The minimum absolute atomic E-state index is 0.00420. The van der Waals surface area contributed by atoms with Gasteiger partial charge in [-0.2, -0.15) is 0 Å². The third-order valence-corrected chi connectivity index (χ3v) is 4.37. The fraction of sp³-hybridized carbons (Fsp3) is 0.312. The average molecular weight is 349 g/mol. The maximum atomic E-state index is 11.7. The highest BCUT2D eigenvalue weighted by atomic mass is 79.9. The summed E-state index contributed by atoms with van der Waals surface area (Å²) in [7, 11) is 3.75. The van der Waals surface area contributed by atoms with Gasteiger partial charge in [-0.05, 0) is 58.7 Å². The molecule has 0 bridgehead atoms. The highest BCUT2D eigenvalue weighted by Gasteiger charge is 2.23. The Morgan fingerprint density at radius 2 is 2.10 bits per heavy atom. The van der Waals surface area contributed by atoms with E-state index in [9.17, 15) is 4.79 Å². The van der Waals surface area contributed by atoms with Crippen molar-refractivity contribution in [1.82, 2.24) is 5.32 Å². The molecule has 110 valence electrons. The summed E-state index contributed by atoms with van der Waals surface area (Å²) in [5, 5.41) is 3.28. The second kappa shape index (κ2) is 5.66. The first-order valence-corrected chi connectivity index (χ1v) is 7.71. The number of fused-ring (bicyclic) bond motifs is 1. The van der Waals surface area contributed by atoms with Crippen molar-refractivity contribution in [2.75, 3.05) is 19.0 Å². The molecule has 0 aliphatic carbocycles. The Labute approximate surface area is 132 Å². The van der Waals surface area contributed by atoms with E-state index in [1.54, 1.807) is 4.90 Å². The number of furan rings is 1. The number of anilines is 1. The fourth-order valence-electron chi connectivity index (χ4n) is 2.81. The minimum atomic E-state index is 0.00420. The van der Waals surface area contributed by atoms with E-state index in [-0.39, 0.29) is 11.9 Å². The Balaban J connectivity index is 1.98. The van der Waals surface area contributed by atoms with Gasteiger partial charge in [0.05, 0.1) is 6.04 Å². The molecule has 1 unspecified atom stereocenters. The van der Waals surface area contributed by atoms with Crippen molar-refractivity contribution < 1.29 is 9.21 Å². The molecule has 1 atom stereocenters. The molecule has 0 saturated carbocycles. The molecule has 21 heavy (non-hydrogen) atoms. The van der Waals surface area contributed by atoms with Crippen molar-refractivity contribution in [3.8, 4) is 0 Å². The van der Waals surface area contributed by atoms with E-state index in [0.29, 0.717) is 6.42 Å². The average Bonchev–Trinajstić information content (AvgIpc) is 2.90. The summed E-state index contributed by atoms with van der Waals surface area (Å²) in [6.07, 6.45) is 1.37. The number of amides is 1. The lowest BCUT2D eigenvalue weighted by molar-refractivity contribution is -0.118. The molecule has 5 heteroatoms. The molecule has 3 rings (SSSR count). The summed E-state index contributed by atoms with van der Waals surface area (Å²) in [6, 6.07) is 10.1. The van der Waals surface area contributed by atoms with Crippen LogP contribution in [0.4, 0.5) is 5.69 Å². The van der Waals surface area contributed by atoms with Crippen molar-refractivity contribution in [3.05, 3.63) is 51.9 Å². The van der Waals surface area contributed by atoms with E-state index in [1.807, 2.05) is 38.4 Å². The van der Waals surface area contributed by atoms with Crippen LogP contribution < -0.4 is 10.2 Å². The standard InChI is InChI=1S/C16H17BrN2O2/c1-18-16(13-6-7-14(17)21-13)11-3-5-12-10(9-11)4-8-15(20)19(12)2/h3,5-7,9,16,18H,4,8H2,1-2H3. The first-order valence-electron chi connectivity index (χ1n) is 6.92. The minimum Gasteiger partial charge on any atom is -0.452 e. The summed E-state index contributed by atoms with van der Waals surface area (Å²) in [5.41, 5.74) is 3.35. The Morgan fingerprint density at radius 3 is 2.76 bits per heavy atom. The van der Waals surface area contributed by atoms with Gasteiger partial charge in [-0.25, -0.2) is 0 Å². The summed E-state index contributed by atoms with van der Waals surface area (Å²) >= 11 is 3.34. The number of nitrogens with one attached hydrogen (secondary N) is 1. The largest absolute Gasteiger partial charge is 0.452 e. The number of nitrogens with zero attached hydrogens (tertiary/aromatic N) is 1. The Bertz CT molecular complexity index is 681. The van der Waals surface area contributed by atoms with Gasteiger partial charge in [-0.3, -0.25) is 4.79 Å². The van der Waals surface area contributed by atoms with Crippen LogP contribution in [0.1, 0.15) is 29.3 Å². The Morgan fingerprint density at radius 1 is 1.29 bits per heavy atom. The van der Waals surface area contributed by atoms with Crippen LogP contribution in [0.25, 0.3) is 0 Å². The number of hydrogen-bond donors (Lipinski definition) is 1. The van der Waals surface area contributed by atoms with Crippen LogP contribution in [0.2, 0.25) is 0 Å². The molecule has 0 radical (unpaired) electrons. The van der Waals surface area contributed by atoms with Gasteiger partial charge in [-0.15, -0.1) is 0 Å². The van der Waals surface area contributed by atoms with Gasteiger partial charge in [0, 0.05) is 19.2 Å². The van der Waals surface area contributed by atoms with Crippen LogP contribution in [-0.4, -0.2) is 20.0 Å². The predicted octanol–water partition coefficient (Wildman–Crippen LogP) is 3.26. The van der Waals surface area contributed by atoms with Gasteiger partial charge in [-0.1, -0.05) is 12.1 Å². The number of benzene rings is 1. The second-order valence-electron chi connectivity index (χ2n) is 5.20. The van der Waals surface area contributed by atoms with Crippen molar-refractivity contribution in [2.45, 2.75) is 18.9 Å². The lowest BCUT2D eigenvalue weighted by Crippen LogP contribution is -2.31. The molecule has 1 N–H and O–H groups in total. The zero-order chi connectivity index (χ0) is 15.0. The van der Waals surface area contributed by atoms with Crippen LogP contribution in [0, 0.1) is 0 Å². The lowest BCUT2D eigenvalue weighted by Gasteiger charge is -2.27. The van der Waals surface area contributed by atoms with Gasteiger partial charge in [0.15, 0.2) is 4.67 Å². The van der Waals surface area contributed by atoms with Gasteiger partial charge < -0.3 is 14.6 Å². The molecule has 1 aromatic heterocycles. The molecule has 1 aromatic carbocycles. The van der Waals surface area contributed by atoms with E-state index in [4.69, 9.17) is 4.42 Å². The van der Waals surface area contributed by atoms with Crippen LogP contribution in [0.15, 0.2) is 39.4 Å². The number of carbonyl (C=O) groups is 1. The SMILES string of the molecule is CNC(c1ccc2c(c1)CCC(=O)N2C)c1ccc(Br)o1. The number of halogens is 1. The zero-order valence-corrected chi connectivity index (χ0v) is 13.6. The lowest BCUT2D eigenvalue weighted by atomic mass is 9.95. The smallest absolute Gasteiger partial charge is 0.227 e. The Kier molecular flexibility index (Phi) is 3.87. The molecular formula is C16H17BrN2O2. The fourth-order valence-corrected chi connectivity index (χ4v) is 3.13. The van der Waals surface area contributed by atoms with Crippen LogP contribution >= 0.6 is 15.9 Å². The molecule has 1 aliphatic heterocycles. The molecule has 0 fully saturated rings. The third kappa shape index (κ3) is 2.63. The number of aryl methyl sites for hydroxylation is 1. The molecule has 4 nitrogen and oxygen atoms in total. The summed E-state index contributed by atoms with van der Waals surface area (Å²) in [5.74, 6) is 1.04. The summed E-state index contributed by atoms with van der Waals surface area (Å²) in [6.45, 7) is 0. The first kappa shape index (κ1) is 14.4. The monoisotopic (exact) mass is 348 g/mol. The topological polar surface area (TPSA) is 45.5 Å². The maximum Gasteiger partial charge on any atom is 0.227 e. The normalized spacial score (nSPS) is 16.0. The molecule has 1 aliphatic rings.